The molecule has 0 saturated carbocycles. The van der Waals surface area contributed by atoms with Gasteiger partial charge in [0, 0.05) is 51.4 Å². The summed E-state index contributed by atoms with van der Waals surface area (Å²) in [5.41, 5.74) is 1.78. The van der Waals surface area contributed by atoms with Crippen molar-refractivity contribution in [3.63, 3.8) is 0 Å². The van der Waals surface area contributed by atoms with E-state index in [0.29, 0.717) is 32.7 Å². The SMILES string of the molecule is O=C(c1cccc(CN2CCN(S(=O)(=O)c3cccc(Cl)c3Cl)CC2)c1)N1CCCCC1. The lowest BCUT2D eigenvalue weighted by molar-refractivity contribution is 0.0724. The zero-order chi connectivity index (χ0) is 22.7. The highest BCUT2D eigenvalue weighted by molar-refractivity contribution is 7.89. The van der Waals surface area contributed by atoms with Crippen molar-refractivity contribution in [1.82, 2.24) is 14.1 Å². The molecule has 2 fully saturated rings. The van der Waals surface area contributed by atoms with Crippen molar-refractivity contribution in [3.05, 3.63) is 63.6 Å². The number of benzene rings is 2. The van der Waals surface area contributed by atoms with Crippen LogP contribution in [0.3, 0.4) is 0 Å². The first kappa shape index (κ1) is 23.5. The molecule has 0 aliphatic carbocycles. The molecule has 0 radical (unpaired) electrons. The van der Waals surface area contributed by atoms with Gasteiger partial charge >= 0.3 is 0 Å². The lowest BCUT2D eigenvalue weighted by Crippen LogP contribution is -2.48. The van der Waals surface area contributed by atoms with Crippen LogP contribution in [0.1, 0.15) is 35.2 Å². The molecule has 32 heavy (non-hydrogen) atoms. The van der Waals surface area contributed by atoms with Crippen LogP contribution in [-0.4, -0.2) is 67.7 Å². The monoisotopic (exact) mass is 495 g/mol. The summed E-state index contributed by atoms with van der Waals surface area (Å²) in [6.07, 6.45) is 3.33. The predicted molar refractivity (Wildman–Crippen MR) is 127 cm³/mol. The Kier molecular flexibility index (Phi) is 7.42. The van der Waals surface area contributed by atoms with Gasteiger partial charge in [-0.1, -0.05) is 41.4 Å². The Hall–Kier alpha value is -1.64. The first-order valence-corrected chi connectivity index (χ1v) is 13.1. The Balaban J connectivity index is 1.38. The molecular weight excluding hydrogens is 469 g/mol. The summed E-state index contributed by atoms with van der Waals surface area (Å²) in [4.78, 5) is 17.0. The van der Waals surface area contributed by atoms with Crippen LogP contribution < -0.4 is 0 Å². The Morgan fingerprint density at radius 2 is 1.56 bits per heavy atom. The van der Waals surface area contributed by atoms with Crippen molar-refractivity contribution in [2.45, 2.75) is 30.7 Å². The van der Waals surface area contributed by atoms with E-state index in [-0.39, 0.29) is 20.8 Å². The van der Waals surface area contributed by atoms with Crippen LogP contribution in [0, 0.1) is 0 Å². The van der Waals surface area contributed by atoms with Gasteiger partial charge in [-0.3, -0.25) is 9.69 Å². The number of halogens is 2. The maximum Gasteiger partial charge on any atom is 0.253 e. The zero-order valence-corrected chi connectivity index (χ0v) is 20.2. The van der Waals surface area contributed by atoms with Crippen molar-refractivity contribution in [2.24, 2.45) is 0 Å². The van der Waals surface area contributed by atoms with E-state index in [2.05, 4.69) is 4.90 Å². The highest BCUT2D eigenvalue weighted by Crippen LogP contribution is 2.31. The molecule has 2 aromatic carbocycles. The van der Waals surface area contributed by atoms with Crippen LogP contribution in [0.4, 0.5) is 0 Å². The van der Waals surface area contributed by atoms with Gasteiger partial charge in [-0.2, -0.15) is 4.31 Å². The van der Waals surface area contributed by atoms with Crippen LogP contribution in [0.2, 0.25) is 10.0 Å². The van der Waals surface area contributed by atoms with Gasteiger partial charge in [0.2, 0.25) is 10.0 Å². The van der Waals surface area contributed by atoms with Gasteiger partial charge in [0.15, 0.2) is 0 Å². The number of likely N-dealkylation sites (tertiary alicyclic amines) is 1. The second-order valence-electron chi connectivity index (χ2n) is 8.29. The molecule has 9 heteroatoms. The number of amides is 1. The summed E-state index contributed by atoms with van der Waals surface area (Å²) in [5.74, 6) is 0.0980. The normalized spacial score (nSPS) is 18.6. The van der Waals surface area contributed by atoms with E-state index in [4.69, 9.17) is 23.2 Å². The standard InChI is InChI=1S/C23H27Cl2N3O3S/c24-20-8-5-9-21(22(20)25)32(30,31)28-14-12-26(13-15-28)17-18-6-4-7-19(16-18)23(29)27-10-2-1-3-11-27/h4-9,16H,1-3,10-15,17H2. The predicted octanol–water partition coefficient (Wildman–Crippen LogP) is 4.13. The van der Waals surface area contributed by atoms with Crippen LogP contribution in [0.5, 0.6) is 0 Å². The fourth-order valence-electron chi connectivity index (χ4n) is 4.29. The van der Waals surface area contributed by atoms with Crippen molar-refractivity contribution >= 4 is 39.1 Å². The first-order valence-electron chi connectivity index (χ1n) is 10.9. The van der Waals surface area contributed by atoms with Crippen LogP contribution in [0.25, 0.3) is 0 Å². The zero-order valence-electron chi connectivity index (χ0n) is 17.8. The minimum Gasteiger partial charge on any atom is -0.339 e. The molecule has 0 unspecified atom stereocenters. The van der Waals surface area contributed by atoms with Gasteiger partial charge in [-0.15, -0.1) is 0 Å². The number of piperazine rings is 1. The fraction of sp³-hybridized carbons (Fsp3) is 0.435. The molecule has 1 amide bonds. The lowest BCUT2D eigenvalue weighted by atomic mass is 10.1. The Bertz CT molecular complexity index is 1080. The number of rotatable bonds is 5. The van der Waals surface area contributed by atoms with Gasteiger partial charge in [-0.05, 0) is 49.1 Å². The number of piperidine rings is 1. The van der Waals surface area contributed by atoms with E-state index >= 15 is 0 Å². The minimum atomic E-state index is -3.70. The molecule has 0 aromatic heterocycles. The smallest absolute Gasteiger partial charge is 0.253 e. The Labute approximate surface area is 199 Å². The summed E-state index contributed by atoms with van der Waals surface area (Å²) in [7, 11) is -3.70. The summed E-state index contributed by atoms with van der Waals surface area (Å²) in [6.45, 7) is 4.28. The number of hydrogen-bond donors (Lipinski definition) is 0. The molecular formula is C23H27Cl2N3O3S. The minimum absolute atomic E-state index is 0.0454. The van der Waals surface area contributed by atoms with Crippen LogP contribution >= 0.6 is 23.2 Å². The molecule has 2 aromatic rings. The van der Waals surface area contributed by atoms with E-state index < -0.39 is 10.0 Å². The second-order valence-corrected chi connectivity index (χ2v) is 11.0. The van der Waals surface area contributed by atoms with E-state index in [1.54, 1.807) is 12.1 Å². The Morgan fingerprint density at radius 1 is 0.875 bits per heavy atom. The van der Waals surface area contributed by atoms with Gasteiger partial charge < -0.3 is 4.90 Å². The number of nitrogens with zero attached hydrogens (tertiary/aromatic N) is 3. The molecule has 0 N–H and O–H groups in total. The van der Waals surface area contributed by atoms with Gasteiger partial charge in [0.05, 0.1) is 10.0 Å². The lowest BCUT2D eigenvalue weighted by Gasteiger charge is -2.34. The van der Waals surface area contributed by atoms with Crippen LogP contribution in [0.15, 0.2) is 47.4 Å². The van der Waals surface area contributed by atoms with Gasteiger partial charge in [-0.25, -0.2) is 8.42 Å². The summed E-state index contributed by atoms with van der Waals surface area (Å²) in [5, 5.41) is 0.289. The molecule has 2 aliphatic heterocycles. The van der Waals surface area contributed by atoms with Crippen molar-refractivity contribution in [1.29, 1.82) is 0 Å². The topological polar surface area (TPSA) is 60.9 Å². The fourth-order valence-corrected chi connectivity index (χ4v) is 6.45. The summed E-state index contributed by atoms with van der Waals surface area (Å²) >= 11 is 12.2. The van der Waals surface area contributed by atoms with E-state index in [0.717, 1.165) is 37.1 Å². The highest BCUT2D eigenvalue weighted by Gasteiger charge is 2.30. The van der Waals surface area contributed by atoms with Gasteiger partial charge in [0.25, 0.3) is 5.91 Å². The van der Waals surface area contributed by atoms with Crippen molar-refractivity contribution < 1.29 is 13.2 Å². The third-order valence-corrected chi connectivity index (χ3v) is 8.96. The molecule has 0 spiro atoms. The average molecular weight is 496 g/mol. The number of hydrogen-bond acceptors (Lipinski definition) is 4. The maximum atomic E-state index is 13.0. The molecule has 2 saturated heterocycles. The van der Waals surface area contributed by atoms with Gasteiger partial charge in [0.1, 0.15) is 4.90 Å². The summed E-state index contributed by atoms with van der Waals surface area (Å²) < 4.78 is 27.5. The Morgan fingerprint density at radius 3 is 2.28 bits per heavy atom. The maximum absolute atomic E-state index is 13.0. The third-order valence-electron chi connectivity index (χ3n) is 6.09. The number of sulfonamides is 1. The molecule has 172 valence electrons. The van der Waals surface area contributed by atoms with E-state index in [1.807, 2.05) is 29.2 Å². The summed E-state index contributed by atoms with van der Waals surface area (Å²) in [6, 6.07) is 12.4. The van der Waals surface area contributed by atoms with Crippen molar-refractivity contribution in [2.75, 3.05) is 39.3 Å². The average Bonchev–Trinajstić information content (AvgIpc) is 2.81. The quantitative estimate of drug-likeness (QED) is 0.625. The van der Waals surface area contributed by atoms with E-state index in [1.165, 1.54) is 16.8 Å². The molecule has 4 rings (SSSR count). The molecule has 0 bridgehead atoms. The third kappa shape index (κ3) is 5.13. The van der Waals surface area contributed by atoms with Crippen molar-refractivity contribution in [3.8, 4) is 0 Å². The largest absolute Gasteiger partial charge is 0.339 e. The van der Waals surface area contributed by atoms with E-state index in [9.17, 15) is 13.2 Å². The molecule has 2 aliphatic rings. The molecule has 2 heterocycles. The number of carbonyl (C=O) groups is 1. The highest BCUT2D eigenvalue weighted by atomic mass is 35.5. The number of carbonyl (C=O) groups excluding carboxylic acids is 1. The second kappa shape index (κ2) is 10.1. The molecule has 6 nitrogen and oxygen atoms in total. The first-order chi connectivity index (χ1) is 15.4. The van der Waals surface area contributed by atoms with Crippen LogP contribution in [-0.2, 0) is 16.6 Å². The molecule has 0 atom stereocenters.